The zero-order valence-corrected chi connectivity index (χ0v) is 10.6. The number of nitrogens with one attached hydrogen (secondary N) is 1. The second kappa shape index (κ2) is 6.63. The first-order chi connectivity index (χ1) is 8.93. The van der Waals surface area contributed by atoms with Crippen molar-refractivity contribution in [2.24, 2.45) is 5.92 Å². The Bertz CT molecular complexity index is 452. The fourth-order valence-electron chi connectivity index (χ4n) is 1.58. The number of benzene rings is 1. The number of aliphatic carboxylic acids is 1. The molecule has 0 spiro atoms. The van der Waals surface area contributed by atoms with Gasteiger partial charge in [-0.2, -0.15) is 0 Å². The summed E-state index contributed by atoms with van der Waals surface area (Å²) in [4.78, 5) is 22.3. The molecule has 0 aliphatic carbocycles. The fraction of sp³-hybridized carbons (Fsp3) is 0.385. The molecule has 0 heterocycles. The third-order valence-electron chi connectivity index (χ3n) is 2.77. The molecule has 104 valence electrons. The van der Waals surface area contributed by atoms with Crippen LogP contribution in [0.15, 0.2) is 18.2 Å². The number of hydrogen-bond donors (Lipinski definition) is 4. The van der Waals surface area contributed by atoms with Crippen LogP contribution in [0.3, 0.4) is 0 Å². The Morgan fingerprint density at radius 1 is 1.26 bits per heavy atom. The highest BCUT2D eigenvalue weighted by Crippen LogP contribution is 2.25. The maximum absolute atomic E-state index is 11.7. The van der Waals surface area contributed by atoms with Gasteiger partial charge < -0.3 is 20.6 Å². The monoisotopic (exact) mass is 267 g/mol. The van der Waals surface area contributed by atoms with Crippen molar-refractivity contribution in [2.45, 2.75) is 19.8 Å². The molecule has 6 nitrogen and oxygen atoms in total. The van der Waals surface area contributed by atoms with Gasteiger partial charge in [0.2, 0.25) is 0 Å². The molecule has 0 fully saturated rings. The van der Waals surface area contributed by atoms with Gasteiger partial charge in [0.05, 0.1) is 5.92 Å². The normalized spacial score (nSPS) is 11.8. The van der Waals surface area contributed by atoms with Crippen LogP contribution in [-0.4, -0.2) is 33.7 Å². The predicted molar refractivity (Wildman–Crippen MR) is 68.1 cm³/mol. The smallest absolute Gasteiger partial charge is 0.306 e. The molecule has 4 N–H and O–H groups in total. The van der Waals surface area contributed by atoms with Gasteiger partial charge in [0.25, 0.3) is 5.91 Å². The summed E-state index contributed by atoms with van der Waals surface area (Å²) in [6.07, 6.45) is 0.954. The van der Waals surface area contributed by atoms with E-state index < -0.39 is 17.8 Å². The van der Waals surface area contributed by atoms with Gasteiger partial charge in [0.1, 0.15) is 17.1 Å². The molecule has 1 unspecified atom stereocenters. The molecule has 0 aliphatic heterocycles. The Hall–Kier alpha value is -2.24. The summed E-state index contributed by atoms with van der Waals surface area (Å²) < 4.78 is 0. The average Bonchev–Trinajstić information content (AvgIpc) is 2.34. The molecule has 1 aromatic carbocycles. The van der Waals surface area contributed by atoms with Gasteiger partial charge in [-0.05, 0) is 25.0 Å². The Kier molecular flexibility index (Phi) is 5.17. The number of phenolic OH excluding ortho intramolecular Hbond substituents is 2. The molecule has 1 amide bonds. The largest absolute Gasteiger partial charge is 0.507 e. The van der Waals surface area contributed by atoms with Crippen molar-refractivity contribution in [1.29, 1.82) is 0 Å². The molecule has 0 aliphatic rings. The van der Waals surface area contributed by atoms with E-state index in [4.69, 9.17) is 5.11 Å². The van der Waals surface area contributed by atoms with Crippen LogP contribution in [0.4, 0.5) is 0 Å². The van der Waals surface area contributed by atoms with Gasteiger partial charge in [-0.25, -0.2) is 0 Å². The van der Waals surface area contributed by atoms with E-state index in [1.807, 2.05) is 0 Å². The highest BCUT2D eigenvalue weighted by atomic mass is 16.4. The zero-order valence-electron chi connectivity index (χ0n) is 10.6. The van der Waals surface area contributed by atoms with E-state index in [2.05, 4.69) is 5.32 Å². The number of amides is 1. The summed E-state index contributed by atoms with van der Waals surface area (Å²) in [6.45, 7) is 1.88. The predicted octanol–water partition coefficient (Wildman–Crippen LogP) is 1.33. The number of carbonyl (C=O) groups excluding carboxylic acids is 1. The van der Waals surface area contributed by atoms with E-state index in [9.17, 15) is 19.8 Å². The zero-order chi connectivity index (χ0) is 14.4. The van der Waals surface area contributed by atoms with E-state index in [1.165, 1.54) is 18.2 Å². The van der Waals surface area contributed by atoms with E-state index in [0.29, 0.717) is 12.8 Å². The quantitative estimate of drug-likeness (QED) is 0.582. The van der Waals surface area contributed by atoms with E-state index in [1.54, 1.807) is 6.92 Å². The van der Waals surface area contributed by atoms with Crippen LogP contribution < -0.4 is 5.32 Å². The van der Waals surface area contributed by atoms with Crippen molar-refractivity contribution in [3.63, 3.8) is 0 Å². The lowest BCUT2D eigenvalue weighted by Crippen LogP contribution is -2.25. The molecular formula is C13H17NO5. The maximum Gasteiger partial charge on any atom is 0.306 e. The van der Waals surface area contributed by atoms with Gasteiger partial charge >= 0.3 is 5.97 Å². The summed E-state index contributed by atoms with van der Waals surface area (Å²) in [5.74, 6) is -2.51. The van der Waals surface area contributed by atoms with Gasteiger partial charge in [0, 0.05) is 6.54 Å². The minimum atomic E-state index is -0.871. The summed E-state index contributed by atoms with van der Waals surface area (Å²) in [5.41, 5.74) is -0.172. The first kappa shape index (κ1) is 14.8. The van der Waals surface area contributed by atoms with Crippen molar-refractivity contribution in [1.82, 2.24) is 5.32 Å². The molecule has 1 rings (SSSR count). The fourth-order valence-corrected chi connectivity index (χ4v) is 1.58. The average molecular weight is 267 g/mol. The number of rotatable bonds is 6. The standard InChI is InChI=1S/C13H17NO5/c1-8(13(18)19)4-3-7-14-12(17)11-9(15)5-2-6-10(11)16/h2,5-6,8,15-16H,3-4,7H2,1H3,(H,14,17)(H,18,19). The second-order valence-corrected chi connectivity index (χ2v) is 4.31. The molecule has 0 bridgehead atoms. The Balaban J connectivity index is 2.46. The molecule has 0 saturated carbocycles. The lowest BCUT2D eigenvalue weighted by atomic mass is 10.1. The number of carbonyl (C=O) groups is 2. The van der Waals surface area contributed by atoms with Crippen molar-refractivity contribution >= 4 is 11.9 Å². The Labute approximate surface area is 110 Å². The van der Waals surface area contributed by atoms with Gasteiger partial charge in [0.15, 0.2) is 0 Å². The van der Waals surface area contributed by atoms with Crippen LogP contribution in [0, 0.1) is 5.92 Å². The number of phenols is 2. The van der Waals surface area contributed by atoms with E-state index in [0.717, 1.165) is 0 Å². The summed E-state index contributed by atoms with van der Waals surface area (Å²) >= 11 is 0. The lowest BCUT2D eigenvalue weighted by molar-refractivity contribution is -0.141. The molecule has 1 aromatic rings. The number of aromatic hydroxyl groups is 2. The minimum absolute atomic E-state index is 0.172. The van der Waals surface area contributed by atoms with E-state index in [-0.39, 0.29) is 23.6 Å². The first-order valence-electron chi connectivity index (χ1n) is 5.95. The third-order valence-corrected chi connectivity index (χ3v) is 2.77. The summed E-state index contributed by atoms with van der Waals surface area (Å²) in [7, 11) is 0. The van der Waals surface area contributed by atoms with Crippen molar-refractivity contribution < 1.29 is 24.9 Å². The molecule has 6 heteroatoms. The lowest BCUT2D eigenvalue weighted by Gasteiger charge is -2.09. The van der Waals surface area contributed by atoms with Crippen LogP contribution in [0.2, 0.25) is 0 Å². The molecular weight excluding hydrogens is 250 g/mol. The Morgan fingerprint density at radius 2 is 1.84 bits per heavy atom. The molecule has 19 heavy (non-hydrogen) atoms. The summed E-state index contributed by atoms with van der Waals surface area (Å²) in [5, 5.41) is 30.2. The van der Waals surface area contributed by atoms with Crippen molar-refractivity contribution in [2.75, 3.05) is 6.54 Å². The minimum Gasteiger partial charge on any atom is -0.507 e. The van der Waals surface area contributed by atoms with Gasteiger partial charge in [-0.1, -0.05) is 13.0 Å². The topological polar surface area (TPSA) is 107 Å². The van der Waals surface area contributed by atoms with Crippen LogP contribution in [0.1, 0.15) is 30.1 Å². The third kappa shape index (κ3) is 4.17. The molecule has 0 saturated heterocycles. The highest BCUT2D eigenvalue weighted by molar-refractivity contribution is 5.99. The second-order valence-electron chi connectivity index (χ2n) is 4.31. The Morgan fingerprint density at radius 3 is 2.37 bits per heavy atom. The number of hydrogen-bond acceptors (Lipinski definition) is 4. The maximum atomic E-state index is 11.7. The van der Waals surface area contributed by atoms with Gasteiger partial charge in [-0.15, -0.1) is 0 Å². The van der Waals surface area contributed by atoms with Crippen LogP contribution in [0.5, 0.6) is 11.5 Å². The van der Waals surface area contributed by atoms with Gasteiger partial charge in [-0.3, -0.25) is 9.59 Å². The van der Waals surface area contributed by atoms with Crippen molar-refractivity contribution in [3.8, 4) is 11.5 Å². The van der Waals surface area contributed by atoms with Crippen LogP contribution in [-0.2, 0) is 4.79 Å². The van der Waals surface area contributed by atoms with Crippen LogP contribution in [0.25, 0.3) is 0 Å². The SMILES string of the molecule is CC(CCCNC(=O)c1c(O)cccc1O)C(=O)O. The number of carboxylic acids is 1. The number of carboxylic acid groups (broad SMARTS) is 1. The molecule has 1 atom stereocenters. The summed E-state index contributed by atoms with van der Waals surface area (Å²) in [6, 6.07) is 4.04. The highest BCUT2D eigenvalue weighted by Gasteiger charge is 2.16. The van der Waals surface area contributed by atoms with E-state index >= 15 is 0 Å². The van der Waals surface area contributed by atoms with Crippen LogP contribution >= 0.6 is 0 Å². The van der Waals surface area contributed by atoms with Crippen molar-refractivity contribution in [3.05, 3.63) is 23.8 Å². The molecule has 0 radical (unpaired) electrons. The molecule has 0 aromatic heterocycles. The first-order valence-corrected chi connectivity index (χ1v) is 5.95.